The molecule has 0 unspecified atom stereocenters. The number of benzene rings is 2. The summed E-state index contributed by atoms with van der Waals surface area (Å²) in [6.07, 6.45) is 1.86. The number of nitrogens with one attached hydrogen (secondary N) is 2. The summed E-state index contributed by atoms with van der Waals surface area (Å²) in [5.41, 5.74) is 2.91. The fraction of sp³-hybridized carbons (Fsp3) is 0.308. The van der Waals surface area contributed by atoms with Crippen molar-refractivity contribution in [1.29, 1.82) is 0 Å². The zero-order valence-electron chi connectivity index (χ0n) is 19.8. The van der Waals surface area contributed by atoms with Gasteiger partial charge in [0.05, 0.1) is 35.4 Å². The lowest BCUT2D eigenvalue weighted by Crippen LogP contribution is -2.30. The number of ether oxygens (including phenoxy) is 1. The van der Waals surface area contributed by atoms with E-state index in [1.807, 2.05) is 37.3 Å². The van der Waals surface area contributed by atoms with Gasteiger partial charge in [0, 0.05) is 19.3 Å². The van der Waals surface area contributed by atoms with Crippen molar-refractivity contribution in [3.05, 3.63) is 88.7 Å². The molecular weight excluding hydrogens is 466 g/mol. The minimum absolute atomic E-state index is 0.0482. The lowest BCUT2D eigenvalue weighted by atomic mass is 10.0. The number of rotatable bonds is 8. The van der Waals surface area contributed by atoms with Crippen LogP contribution in [0, 0.1) is 0 Å². The van der Waals surface area contributed by atoms with Crippen molar-refractivity contribution in [1.82, 2.24) is 15.2 Å². The molecule has 8 nitrogen and oxygen atoms in total. The van der Waals surface area contributed by atoms with Gasteiger partial charge in [-0.3, -0.25) is 9.59 Å². The maximum Gasteiger partial charge on any atom is 0.268 e. The molecule has 0 spiro atoms. The first-order valence-corrected chi connectivity index (χ1v) is 13.4. The number of hydrogen-bond acceptors (Lipinski definition) is 5. The van der Waals surface area contributed by atoms with E-state index in [1.165, 1.54) is 6.07 Å². The summed E-state index contributed by atoms with van der Waals surface area (Å²) in [6.45, 7) is 3.16. The van der Waals surface area contributed by atoms with Crippen LogP contribution in [0.15, 0.2) is 65.6 Å². The second-order valence-electron chi connectivity index (χ2n) is 8.50. The number of amides is 2. The first kappa shape index (κ1) is 24.7. The molecular formula is C26H29N3O5S. The van der Waals surface area contributed by atoms with E-state index in [0.29, 0.717) is 35.7 Å². The van der Waals surface area contributed by atoms with Crippen LogP contribution in [0.3, 0.4) is 0 Å². The highest BCUT2D eigenvalue weighted by Crippen LogP contribution is 2.24. The number of carbonyl (C=O) groups is 2. The van der Waals surface area contributed by atoms with Crippen molar-refractivity contribution in [3.8, 4) is 0 Å². The molecule has 4 rings (SSSR count). The highest BCUT2D eigenvalue weighted by atomic mass is 32.2. The minimum Gasteiger partial charge on any atom is -0.373 e. The standard InChI is InChI=1S/C26H29N3O5S/c1-3-21(18-9-5-4-6-10-18)28-25(30)20-15-22(29-13-14-34-17-23(20)29)26(31)27-16-19-11-7-8-12-24(19)35(2,32)33/h4-12,15,21H,3,13-14,16-17H2,1-2H3,(H,27,31)(H,28,30)/t21-/m1/s1. The van der Waals surface area contributed by atoms with Crippen LogP contribution in [0.4, 0.5) is 0 Å². The lowest BCUT2D eigenvalue weighted by molar-refractivity contribution is 0.0776. The average Bonchev–Trinajstić information content (AvgIpc) is 3.26. The first-order chi connectivity index (χ1) is 16.8. The number of nitrogens with zero attached hydrogens (tertiary/aromatic N) is 1. The molecule has 2 N–H and O–H groups in total. The average molecular weight is 496 g/mol. The highest BCUT2D eigenvalue weighted by Gasteiger charge is 2.27. The van der Waals surface area contributed by atoms with Crippen LogP contribution in [0.1, 0.15) is 57.1 Å². The number of aromatic nitrogens is 1. The molecule has 0 saturated carbocycles. The largest absolute Gasteiger partial charge is 0.373 e. The fourth-order valence-electron chi connectivity index (χ4n) is 4.33. The van der Waals surface area contributed by atoms with E-state index in [9.17, 15) is 18.0 Å². The summed E-state index contributed by atoms with van der Waals surface area (Å²) in [7, 11) is -3.43. The topological polar surface area (TPSA) is 107 Å². The maximum atomic E-state index is 13.3. The van der Waals surface area contributed by atoms with Crippen LogP contribution < -0.4 is 10.6 Å². The molecule has 9 heteroatoms. The molecule has 35 heavy (non-hydrogen) atoms. The van der Waals surface area contributed by atoms with Crippen molar-refractivity contribution >= 4 is 21.7 Å². The SMILES string of the molecule is CC[C@@H](NC(=O)c1cc(C(=O)NCc2ccccc2S(C)(=O)=O)n2c1COCC2)c1ccccc1. The quantitative estimate of drug-likeness (QED) is 0.499. The van der Waals surface area contributed by atoms with Gasteiger partial charge in [-0.25, -0.2) is 8.42 Å². The fourth-order valence-corrected chi connectivity index (χ4v) is 5.27. The summed E-state index contributed by atoms with van der Waals surface area (Å²) in [5.74, 6) is -0.651. The van der Waals surface area contributed by atoms with Crippen LogP contribution in [0.2, 0.25) is 0 Å². The third-order valence-corrected chi connectivity index (χ3v) is 7.31. The van der Waals surface area contributed by atoms with Gasteiger partial charge in [-0.05, 0) is 29.7 Å². The molecule has 0 fully saturated rings. The van der Waals surface area contributed by atoms with Gasteiger partial charge < -0.3 is 19.9 Å². The number of carbonyl (C=O) groups excluding carboxylic acids is 2. The van der Waals surface area contributed by atoms with Gasteiger partial charge in [0.2, 0.25) is 0 Å². The van der Waals surface area contributed by atoms with Crippen LogP contribution in [-0.4, -0.2) is 37.7 Å². The van der Waals surface area contributed by atoms with E-state index in [2.05, 4.69) is 10.6 Å². The molecule has 2 aromatic carbocycles. The summed E-state index contributed by atoms with van der Waals surface area (Å²) in [4.78, 5) is 26.6. The molecule has 1 aliphatic heterocycles. The Labute approximate surface area is 205 Å². The molecule has 0 saturated heterocycles. The zero-order chi connectivity index (χ0) is 25.0. The minimum atomic E-state index is -3.43. The predicted molar refractivity (Wildman–Crippen MR) is 132 cm³/mol. The van der Waals surface area contributed by atoms with Gasteiger partial charge >= 0.3 is 0 Å². The van der Waals surface area contributed by atoms with Crippen molar-refractivity contribution < 1.29 is 22.7 Å². The van der Waals surface area contributed by atoms with Crippen molar-refractivity contribution in [2.75, 3.05) is 12.9 Å². The summed E-state index contributed by atoms with van der Waals surface area (Å²) in [6, 6.07) is 17.7. The lowest BCUT2D eigenvalue weighted by Gasteiger charge is -2.21. The van der Waals surface area contributed by atoms with Crippen LogP contribution >= 0.6 is 0 Å². The molecule has 2 amide bonds. The molecule has 184 valence electrons. The summed E-state index contributed by atoms with van der Waals surface area (Å²) >= 11 is 0. The van der Waals surface area contributed by atoms with E-state index in [4.69, 9.17) is 4.74 Å². The predicted octanol–water partition coefficient (Wildman–Crippen LogP) is 3.23. The molecule has 1 atom stereocenters. The Morgan fingerprint density at radius 1 is 1.06 bits per heavy atom. The summed E-state index contributed by atoms with van der Waals surface area (Å²) in [5, 5.41) is 5.89. The van der Waals surface area contributed by atoms with E-state index < -0.39 is 9.84 Å². The Bertz CT molecular complexity index is 1330. The van der Waals surface area contributed by atoms with E-state index in [-0.39, 0.29) is 35.9 Å². The van der Waals surface area contributed by atoms with Crippen LogP contribution in [-0.2, 0) is 34.3 Å². The van der Waals surface area contributed by atoms with Gasteiger partial charge in [-0.15, -0.1) is 0 Å². The molecule has 0 aliphatic carbocycles. The second kappa shape index (κ2) is 10.5. The van der Waals surface area contributed by atoms with Crippen molar-refractivity contribution in [2.45, 2.75) is 44.0 Å². The van der Waals surface area contributed by atoms with E-state index >= 15 is 0 Å². The Balaban J connectivity index is 1.57. The van der Waals surface area contributed by atoms with Gasteiger partial charge in [0.15, 0.2) is 9.84 Å². The second-order valence-corrected chi connectivity index (χ2v) is 10.5. The zero-order valence-corrected chi connectivity index (χ0v) is 20.6. The van der Waals surface area contributed by atoms with Crippen LogP contribution in [0.25, 0.3) is 0 Å². The Morgan fingerprint density at radius 2 is 1.77 bits per heavy atom. The molecule has 1 aliphatic rings. The third kappa shape index (κ3) is 5.47. The molecule has 0 bridgehead atoms. The number of sulfone groups is 1. The molecule has 3 aromatic rings. The maximum absolute atomic E-state index is 13.3. The van der Waals surface area contributed by atoms with E-state index in [0.717, 1.165) is 18.2 Å². The Hall–Kier alpha value is -3.43. The third-order valence-electron chi connectivity index (χ3n) is 6.11. The molecule has 2 heterocycles. The van der Waals surface area contributed by atoms with Gasteiger partial charge in [-0.2, -0.15) is 0 Å². The molecule has 1 aromatic heterocycles. The monoisotopic (exact) mass is 495 g/mol. The smallest absolute Gasteiger partial charge is 0.268 e. The first-order valence-electron chi connectivity index (χ1n) is 11.5. The normalized spacial score (nSPS) is 14.1. The van der Waals surface area contributed by atoms with Crippen molar-refractivity contribution in [2.24, 2.45) is 0 Å². The van der Waals surface area contributed by atoms with Crippen LogP contribution in [0.5, 0.6) is 0 Å². The highest BCUT2D eigenvalue weighted by molar-refractivity contribution is 7.90. The van der Waals surface area contributed by atoms with E-state index in [1.54, 1.807) is 28.8 Å². The summed E-state index contributed by atoms with van der Waals surface area (Å²) < 4.78 is 31.5. The Morgan fingerprint density at radius 3 is 2.49 bits per heavy atom. The number of fused-ring (bicyclic) bond motifs is 1. The van der Waals surface area contributed by atoms with Gasteiger partial charge in [-0.1, -0.05) is 55.5 Å². The number of hydrogen-bond donors (Lipinski definition) is 2. The van der Waals surface area contributed by atoms with Crippen molar-refractivity contribution in [3.63, 3.8) is 0 Å². The van der Waals surface area contributed by atoms with Gasteiger partial charge in [0.25, 0.3) is 11.8 Å². The van der Waals surface area contributed by atoms with Gasteiger partial charge in [0.1, 0.15) is 5.69 Å². The molecule has 0 radical (unpaired) electrons. The Kier molecular flexibility index (Phi) is 7.37.